The summed E-state index contributed by atoms with van der Waals surface area (Å²) in [4.78, 5) is 0. The van der Waals surface area contributed by atoms with Gasteiger partial charge in [-0.1, -0.05) is 15.9 Å². The molecule has 0 spiro atoms. The largest absolute Gasteiger partial charge is 0.374 e. The van der Waals surface area contributed by atoms with Gasteiger partial charge in [0.1, 0.15) is 12.4 Å². The summed E-state index contributed by atoms with van der Waals surface area (Å²) in [5.74, 6) is 1.98. The van der Waals surface area contributed by atoms with Crippen molar-refractivity contribution >= 4 is 15.9 Å². The fourth-order valence-electron chi connectivity index (χ4n) is 1.50. The van der Waals surface area contributed by atoms with Gasteiger partial charge in [-0.3, -0.25) is 0 Å². The van der Waals surface area contributed by atoms with Gasteiger partial charge in [-0.2, -0.15) is 0 Å². The summed E-state index contributed by atoms with van der Waals surface area (Å²) < 4.78 is 7.57. The van der Waals surface area contributed by atoms with E-state index in [0.717, 1.165) is 23.6 Å². The monoisotopic (exact) mass is 259 g/mol. The van der Waals surface area contributed by atoms with Crippen molar-refractivity contribution in [3.8, 4) is 0 Å². The molecule has 0 unspecified atom stereocenters. The second-order valence-electron chi connectivity index (χ2n) is 3.40. The van der Waals surface area contributed by atoms with Crippen LogP contribution in [0.3, 0.4) is 0 Å². The average molecular weight is 260 g/mol. The van der Waals surface area contributed by atoms with Gasteiger partial charge in [0.15, 0.2) is 5.82 Å². The molecule has 0 N–H and O–H groups in total. The molecule has 1 saturated carbocycles. The Balaban J connectivity index is 2.16. The number of nitrogens with zero attached hydrogens (tertiary/aromatic N) is 3. The second kappa shape index (κ2) is 4.40. The van der Waals surface area contributed by atoms with Gasteiger partial charge in [-0.15, -0.1) is 10.2 Å². The molecule has 0 amide bonds. The van der Waals surface area contributed by atoms with E-state index in [0.29, 0.717) is 12.6 Å². The standard InChI is InChI=1S/C9H14BrN3O/c1-2-14-6-9-12-11-8(5-10)13(9)7-3-4-7/h7H,2-6H2,1H3. The van der Waals surface area contributed by atoms with E-state index in [1.54, 1.807) is 0 Å². The highest BCUT2D eigenvalue weighted by atomic mass is 79.9. The predicted molar refractivity (Wildman–Crippen MR) is 56.3 cm³/mol. The molecule has 4 nitrogen and oxygen atoms in total. The summed E-state index contributed by atoms with van der Waals surface area (Å²) in [6, 6.07) is 0.619. The number of rotatable bonds is 5. The van der Waals surface area contributed by atoms with Crippen LogP contribution in [0.1, 0.15) is 37.5 Å². The lowest BCUT2D eigenvalue weighted by Crippen LogP contribution is -2.06. The van der Waals surface area contributed by atoms with Gasteiger partial charge >= 0.3 is 0 Å². The Morgan fingerprint density at radius 3 is 2.71 bits per heavy atom. The van der Waals surface area contributed by atoms with Crippen molar-refractivity contribution in [2.45, 2.75) is 37.7 Å². The van der Waals surface area contributed by atoms with E-state index in [1.165, 1.54) is 12.8 Å². The molecule has 1 fully saturated rings. The minimum atomic E-state index is 0.576. The summed E-state index contributed by atoms with van der Waals surface area (Å²) in [6.45, 7) is 3.29. The maximum absolute atomic E-state index is 5.36. The molecule has 1 aromatic rings. The minimum Gasteiger partial charge on any atom is -0.374 e. The molecule has 5 heteroatoms. The summed E-state index contributed by atoms with van der Waals surface area (Å²) in [5.41, 5.74) is 0. The molecule has 1 aromatic heterocycles. The van der Waals surface area contributed by atoms with Crippen LogP contribution in [0.2, 0.25) is 0 Å². The molecule has 0 atom stereocenters. The van der Waals surface area contributed by atoms with E-state index in [9.17, 15) is 0 Å². The van der Waals surface area contributed by atoms with Gasteiger partial charge in [0, 0.05) is 12.6 Å². The van der Waals surface area contributed by atoms with Crippen LogP contribution in [0.4, 0.5) is 0 Å². The van der Waals surface area contributed by atoms with Crippen LogP contribution < -0.4 is 0 Å². The highest BCUT2D eigenvalue weighted by Crippen LogP contribution is 2.37. The topological polar surface area (TPSA) is 39.9 Å². The summed E-state index contributed by atoms with van der Waals surface area (Å²) in [6.07, 6.45) is 2.49. The van der Waals surface area contributed by atoms with Crippen LogP contribution in [-0.2, 0) is 16.7 Å². The molecule has 1 aliphatic carbocycles. The van der Waals surface area contributed by atoms with Crippen LogP contribution in [0.15, 0.2) is 0 Å². The van der Waals surface area contributed by atoms with Gasteiger partial charge < -0.3 is 9.30 Å². The SMILES string of the molecule is CCOCc1nnc(CBr)n1C1CC1. The quantitative estimate of drug-likeness (QED) is 0.760. The smallest absolute Gasteiger partial charge is 0.159 e. The molecule has 0 aliphatic heterocycles. The van der Waals surface area contributed by atoms with Crippen molar-refractivity contribution in [1.82, 2.24) is 14.8 Å². The Bertz CT molecular complexity index is 309. The van der Waals surface area contributed by atoms with E-state index >= 15 is 0 Å². The second-order valence-corrected chi connectivity index (χ2v) is 3.97. The third-order valence-corrected chi connectivity index (χ3v) is 2.81. The van der Waals surface area contributed by atoms with Crippen LogP contribution >= 0.6 is 15.9 Å². The highest BCUT2D eigenvalue weighted by molar-refractivity contribution is 9.08. The van der Waals surface area contributed by atoms with Crippen molar-refractivity contribution in [3.63, 3.8) is 0 Å². The molecule has 1 aliphatic rings. The van der Waals surface area contributed by atoms with Gasteiger partial charge in [-0.05, 0) is 19.8 Å². The Hall–Kier alpha value is -0.420. The zero-order chi connectivity index (χ0) is 9.97. The van der Waals surface area contributed by atoms with Crippen molar-refractivity contribution in [2.24, 2.45) is 0 Å². The zero-order valence-electron chi connectivity index (χ0n) is 8.24. The zero-order valence-corrected chi connectivity index (χ0v) is 9.83. The lowest BCUT2D eigenvalue weighted by molar-refractivity contribution is 0.125. The fourth-order valence-corrected chi connectivity index (χ4v) is 1.88. The normalized spacial score (nSPS) is 16.1. The Labute approximate surface area is 91.8 Å². The average Bonchev–Trinajstić information content (AvgIpc) is 2.96. The first kappa shape index (κ1) is 10.1. The maximum Gasteiger partial charge on any atom is 0.159 e. The number of hydrogen-bond donors (Lipinski definition) is 0. The highest BCUT2D eigenvalue weighted by Gasteiger charge is 2.28. The Kier molecular flexibility index (Phi) is 3.18. The summed E-state index contributed by atoms with van der Waals surface area (Å²) in [7, 11) is 0. The van der Waals surface area contributed by atoms with Crippen LogP contribution in [0, 0.1) is 0 Å². The first-order valence-electron chi connectivity index (χ1n) is 4.93. The van der Waals surface area contributed by atoms with Crippen LogP contribution in [-0.4, -0.2) is 21.4 Å². The number of alkyl halides is 1. The van der Waals surface area contributed by atoms with E-state index in [4.69, 9.17) is 4.74 Å². The van der Waals surface area contributed by atoms with Gasteiger partial charge in [0.05, 0.1) is 5.33 Å². The van der Waals surface area contributed by atoms with Crippen molar-refractivity contribution in [2.75, 3.05) is 6.61 Å². The third kappa shape index (κ3) is 1.98. The van der Waals surface area contributed by atoms with Crippen molar-refractivity contribution in [1.29, 1.82) is 0 Å². The van der Waals surface area contributed by atoms with Crippen molar-refractivity contribution < 1.29 is 4.74 Å². The molecular formula is C9H14BrN3O. The minimum absolute atomic E-state index is 0.576. The fraction of sp³-hybridized carbons (Fsp3) is 0.778. The Morgan fingerprint density at radius 2 is 2.14 bits per heavy atom. The maximum atomic E-state index is 5.36. The summed E-state index contributed by atoms with van der Waals surface area (Å²) >= 11 is 3.42. The molecular weight excluding hydrogens is 246 g/mol. The van der Waals surface area contributed by atoms with Crippen LogP contribution in [0.25, 0.3) is 0 Å². The summed E-state index contributed by atoms with van der Waals surface area (Å²) in [5, 5.41) is 9.05. The number of aromatic nitrogens is 3. The number of hydrogen-bond acceptors (Lipinski definition) is 3. The molecule has 78 valence electrons. The molecule has 1 heterocycles. The van der Waals surface area contributed by atoms with E-state index in [-0.39, 0.29) is 0 Å². The molecule has 0 radical (unpaired) electrons. The molecule has 2 rings (SSSR count). The third-order valence-electron chi connectivity index (χ3n) is 2.30. The van der Waals surface area contributed by atoms with Gasteiger partial charge in [-0.25, -0.2) is 0 Å². The van der Waals surface area contributed by atoms with E-state index in [1.807, 2.05) is 6.92 Å². The van der Waals surface area contributed by atoms with Gasteiger partial charge in [0.2, 0.25) is 0 Å². The predicted octanol–water partition coefficient (Wildman–Crippen LogP) is 2.04. The lowest BCUT2D eigenvalue weighted by atomic mass is 10.5. The molecule has 0 saturated heterocycles. The Morgan fingerprint density at radius 1 is 1.43 bits per heavy atom. The lowest BCUT2D eigenvalue weighted by Gasteiger charge is -2.06. The number of ether oxygens (including phenoxy) is 1. The first-order valence-corrected chi connectivity index (χ1v) is 6.05. The van der Waals surface area contributed by atoms with Crippen molar-refractivity contribution in [3.05, 3.63) is 11.6 Å². The van der Waals surface area contributed by atoms with Gasteiger partial charge in [0.25, 0.3) is 0 Å². The first-order chi connectivity index (χ1) is 6.86. The molecule has 0 aromatic carbocycles. The number of halogens is 1. The molecule has 0 bridgehead atoms. The molecule has 14 heavy (non-hydrogen) atoms. The van der Waals surface area contributed by atoms with Crippen LogP contribution in [0.5, 0.6) is 0 Å². The van der Waals surface area contributed by atoms with E-state index < -0.39 is 0 Å². The van der Waals surface area contributed by atoms with E-state index in [2.05, 4.69) is 30.7 Å².